The van der Waals surface area contributed by atoms with Crippen LogP contribution in [0.4, 0.5) is 10.1 Å². The Morgan fingerprint density at radius 3 is 2.69 bits per heavy atom. The molecule has 0 aliphatic carbocycles. The van der Waals surface area contributed by atoms with Gasteiger partial charge in [-0.05, 0) is 48.1 Å². The first-order chi connectivity index (χ1) is 15.4. The molecule has 2 aliphatic heterocycles. The topological polar surface area (TPSA) is 44.8 Å². The van der Waals surface area contributed by atoms with Crippen LogP contribution in [0.3, 0.4) is 0 Å². The van der Waals surface area contributed by atoms with E-state index in [1.165, 1.54) is 23.4 Å². The van der Waals surface area contributed by atoms with Crippen molar-refractivity contribution in [2.75, 3.05) is 38.2 Å². The van der Waals surface area contributed by atoms with Crippen LogP contribution < -0.4 is 15.0 Å². The number of nitrogens with zero attached hydrogens (tertiary/aromatic N) is 2. The van der Waals surface area contributed by atoms with Crippen LogP contribution in [-0.4, -0.2) is 50.1 Å². The molecule has 1 saturated heterocycles. The molecule has 6 heteroatoms. The highest BCUT2D eigenvalue weighted by atomic mass is 19.1. The van der Waals surface area contributed by atoms with Crippen molar-refractivity contribution in [1.82, 2.24) is 10.2 Å². The Balaban J connectivity index is 1.55. The van der Waals surface area contributed by atoms with Crippen molar-refractivity contribution in [2.24, 2.45) is 11.8 Å². The number of hydrogen-bond acceptors (Lipinski definition) is 4. The van der Waals surface area contributed by atoms with Gasteiger partial charge in [-0.2, -0.15) is 0 Å². The Hall–Kier alpha value is -2.60. The number of amides is 1. The minimum atomic E-state index is -0.213. The Kier molecular flexibility index (Phi) is 6.99. The summed E-state index contributed by atoms with van der Waals surface area (Å²) in [6, 6.07) is 13.0. The SMILES string of the molecule is COc1ccc2c(c1)N1CCN(Cc3ccc(F)cc3)C[C@@H]1[C@H](C(=O)NCCC(C)C)C2. The molecule has 2 heterocycles. The second-order valence-corrected chi connectivity index (χ2v) is 9.40. The van der Waals surface area contributed by atoms with Crippen LogP contribution in [0.25, 0.3) is 0 Å². The minimum absolute atomic E-state index is 0.0981. The van der Waals surface area contributed by atoms with E-state index in [0.717, 1.165) is 50.3 Å². The van der Waals surface area contributed by atoms with E-state index >= 15 is 0 Å². The van der Waals surface area contributed by atoms with Gasteiger partial charge in [-0.3, -0.25) is 9.69 Å². The highest BCUT2D eigenvalue weighted by molar-refractivity contribution is 5.82. The van der Waals surface area contributed by atoms with E-state index in [2.05, 4.69) is 41.1 Å². The molecular weight excluding hydrogens is 405 g/mol. The summed E-state index contributed by atoms with van der Waals surface area (Å²) in [5.74, 6) is 1.24. The zero-order chi connectivity index (χ0) is 22.7. The normalized spacial score (nSPS) is 20.6. The van der Waals surface area contributed by atoms with E-state index in [0.29, 0.717) is 12.5 Å². The quantitative estimate of drug-likeness (QED) is 0.712. The Labute approximate surface area is 190 Å². The van der Waals surface area contributed by atoms with Crippen LogP contribution in [0.2, 0.25) is 0 Å². The van der Waals surface area contributed by atoms with E-state index < -0.39 is 0 Å². The summed E-state index contributed by atoms with van der Waals surface area (Å²) in [6.07, 6.45) is 1.72. The first kappa shape index (κ1) is 22.6. The molecular formula is C26H34FN3O2. The Bertz CT molecular complexity index is 931. The van der Waals surface area contributed by atoms with Gasteiger partial charge in [0, 0.05) is 44.5 Å². The fourth-order valence-corrected chi connectivity index (χ4v) is 4.87. The monoisotopic (exact) mass is 439 g/mol. The van der Waals surface area contributed by atoms with Crippen LogP contribution in [0.5, 0.6) is 5.75 Å². The maximum atomic E-state index is 13.3. The third kappa shape index (κ3) is 5.07. The van der Waals surface area contributed by atoms with Gasteiger partial charge in [0.1, 0.15) is 11.6 Å². The van der Waals surface area contributed by atoms with Crippen molar-refractivity contribution in [3.8, 4) is 5.75 Å². The van der Waals surface area contributed by atoms with Gasteiger partial charge in [-0.1, -0.05) is 32.0 Å². The lowest BCUT2D eigenvalue weighted by Crippen LogP contribution is -2.60. The average molecular weight is 440 g/mol. The predicted octanol–water partition coefficient (Wildman–Crippen LogP) is 3.86. The number of methoxy groups -OCH3 is 1. The first-order valence-corrected chi connectivity index (χ1v) is 11.6. The molecule has 32 heavy (non-hydrogen) atoms. The summed E-state index contributed by atoms with van der Waals surface area (Å²) >= 11 is 0. The Morgan fingerprint density at radius 2 is 1.97 bits per heavy atom. The molecule has 0 spiro atoms. The van der Waals surface area contributed by atoms with Crippen LogP contribution >= 0.6 is 0 Å². The summed E-state index contributed by atoms with van der Waals surface area (Å²) < 4.78 is 18.8. The minimum Gasteiger partial charge on any atom is -0.497 e. The van der Waals surface area contributed by atoms with E-state index in [4.69, 9.17) is 4.74 Å². The third-order valence-electron chi connectivity index (χ3n) is 6.69. The molecule has 2 aliphatic rings. The summed E-state index contributed by atoms with van der Waals surface area (Å²) in [5.41, 5.74) is 3.48. The summed E-state index contributed by atoms with van der Waals surface area (Å²) in [7, 11) is 1.69. The van der Waals surface area contributed by atoms with Crippen molar-refractivity contribution in [2.45, 2.75) is 39.3 Å². The number of ether oxygens (including phenoxy) is 1. The van der Waals surface area contributed by atoms with E-state index in [1.807, 2.05) is 18.2 Å². The van der Waals surface area contributed by atoms with E-state index in [1.54, 1.807) is 7.11 Å². The van der Waals surface area contributed by atoms with Gasteiger partial charge in [-0.15, -0.1) is 0 Å². The fraction of sp³-hybridized carbons (Fsp3) is 0.500. The summed E-state index contributed by atoms with van der Waals surface area (Å²) in [4.78, 5) is 18.0. The maximum Gasteiger partial charge on any atom is 0.225 e. The number of rotatable bonds is 7. The lowest BCUT2D eigenvalue weighted by Gasteiger charge is -2.49. The zero-order valence-electron chi connectivity index (χ0n) is 19.3. The maximum absolute atomic E-state index is 13.3. The highest BCUT2D eigenvalue weighted by Crippen LogP contribution is 2.38. The number of nitrogens with one attached hydrogen (secondary N) is 1. The molecule has 1 fully saturated rings. The number of anilines is 1. The van der Waals surface area contributed by atoms with Crippen LogP contribution in [-0.2, 0) is 17.8 Å². The molecule has 0 saturated carbocycles. The van der Waals surface area contributed by atoms with Gasteiger partial charge in [0.15, 0.2) is 0 Å². The van der Waals surface area contributed by atoms with Crippen molar-refractivity contribution >= 4 is 11.6 Å². The average Bonchev–Trinajstić information content (AvgIpc) is 2.79. The van der Waals surface area contributed by atoms with Crippen LogP contribution in [0.1, 0.15) is 31.4 Å². The number of piperazine rings is 1. The van der Waals surface area contributed by atoms with Crippen LogP contribution in [0, 0.1) is 17.7 Å². The second-order valence-electron chi connectivity index (χ2n) is 9.40. The number of benzene rings is 2. The molecule has 2 aromatic rings. The third-order valence-corrected chi connectivity index (χ3v) is 6.69. The standard InChI is InChI=1S/C26H34FN3O2/c1-18(2)10-11-28-26(31)23-14-20-6-9-22(32-3)15-24(20)30-13-12-29(17-25(23)30)16-19-4-7-21(27)8-5-19/h4-9,15,18,23,25H,10-14,16-17H2,1-3H3,(H,28,31)/t23-,25-/m1/s1. The largest absolute Gasteiger partial charge is 0.497 e. The molecule has 172 valence electrons. The molecule has 5 nitrogen and oxygen atoms in total. The van der Waals surface area contributed by atoms with Gasteiger partial charge >= 0.3 is 0 Å². The number of carbonyl (C=O) groups is 1. The van der Waals surface area contributed by atoms with Gasteiger partial charge in [0.05, 0.1) is 19.1 Å². The molecule has 1 N–H and O–H groups in total. The van der Waals surface area contributed by atoms with Crippen LogP contribution in [0.15, 0.2) is 42.5 Å². The molecule has 2 aromatic carbocycles. The number of fused-ring (bicyclic) bond motifs is 3. The molecule has 0 aromatic heterocycles. The number of carbonyl (C=O) groups excluding carboxylic acids is 1. The van der Waals surface area contributed by atoms with Crippen molar-refractivity contribution in [1.29, 1.82) is 0 Å². The van der Waals surface area contributed by atoms with Crippen molar-refractivity contribution in [3.63, 3.8) is 0 Å². The van der Waals surface area contributed by atoms with Crippen molar-refractivity contribution < 1.29 is 13.9 Å². The fourth-order valence-electron chi connectivity index (χ4n) is 4.87. The lowest BCUT2D eigenvalue weighted by molar-refractivity contribution is -0.126. The Morgan fingerprint density at radius 1 is 1.19 bits per heavy atom. The zero-order valence-corrected chi connectivity index (χ0v) is 19.3. The van der Waals surface area contributed by atoms with Gasteiger partial charge < -0.3 is 15.0 Å². The molecule has 0 bridgehead atoms. The smallest absolute Gasteiger partial charge is 0.225 e. The molecule has 0 unspecified atom stereocenters. The molecule has 4 rings (SSSR count). The predicted molar refractivity (Wildman–Crippen MR) is 125 cm³/mol. The van der Waals surface area contributed by atoms with Gasteiger partial charge in [0.2, 0.25) is 5.91 Å². The summed E-state index contributed by atoms with van der Waals surface area (Å²) in [6.45, 7) is 8.37. The second kappa shape index (κ2) is 9.90. The first-order valence-electron chi connectivity index (χ1n) is 11.6. The molecule has 0 radical (unpaired) electrons. The van der Waals surface area contributed by atoms with Crippen molar-refractivity contribution in [3.05, 3.63) is 59.4 Å². The van der Waals surface area contributed by atoms with Gasteiger partial charge in [0.25, 0.3) is 0 Å². The molecule has 1 amide bonds. The number of hydrogen-bond donors (Lipinski definition) is 1. The lowest BCUT2D eigenvalue weighted by atomic mass is 9.83. The van der Waals surface area contributed by atoms with E-state index in [9.17, 15) is 9.18 Å². The molecule has 2 atom stereocenters. The highest BCUT2D eigenvalue weighted by Gasteiger charge is 2.41. The number of halogens is 1. The summed E-state index contributed by atoms with van der Waals surface area (Å²) in [5, 5.41) is 3.19. The van der Waals surface area contributed by atoms with E-state index in [-0.39, 0.29) is 23.7 Å². The van der Waals surface area contributed by atoms with Gasteiger partial charge in [-0.25, -0.2) is 4.39 Å².